The third-order valence-corrected chi connectivity index (χ3v) is 2.37. The van der Waals surface area contributed by atoms with E-state index in [9.17, 15) is 4.79 Å². The lowest BCUT2D eigenvalue weighted by Crippen LogP contribution is -2.09. The highest BCUT2D eigenvalue weighted by atomic mass is 16.3. The highest BCUT2D eigenvalue weighted by Gasteiger charge is 2.08. The van der Waals surface area contributed by atoms with Gasteiger partial charge in [-0.25, -0.2) is 0 Å². The van der Waals surface area contributed by atoms with Gasteiger partial charge in [-0.15, -0.1) is 0 Å². The Labute approximate surface area is 115 Å². The first-order valence-corrected chi connectivity index (χ1v) is 5.56. The van der Waals surface area contributed by atoms with E-state index in [0.717, 1.165) is 6.21 Å². The lowest BCUT2D eigenvalue weighted by molar-refractivity contribution is 0.100. The third kappa shape index (κ3) is 3.74. The van der Waals surface area contributed by atoms with Crippen LogP contribution in [-0.2, 0) is 0 Å². The van der Waals surface area contributed by atoms with Crippen LogP contribution in [0.4, 0.5) is 0 Å². The zero-order chi connectivity index (χ0) is 15.1. The summed E-state index contributed by atoms with van der Waals surface area (Å²) in [5.74, 6) is -1.84. The molecule has 0 aliphatic heterocycles. The van der Waals surface area contributed by atoms with Gasteiger partial charge >= 0.3 is 0 Å². The number of primary amides is 1. The molecule has 6 nitrogen and oxygen atoms in total. The first-order valence-electron chi connectivity index (χ1n) is 5.56. The van der Waals surface area contributed by atoms with Gasteiger partial charge in [0.2, 0.25) is 11.7 Å². The van der Waals surface area contributed by atoms with Crippen molar-refractivity contribution in [2.75, 3.05) is 0 Å². The van der Waals surface area contributed by atoms with Crippen molar-refractivity contribution in [1.82, 2.24) is 0 Å². The second kappa shape index (κ2) is 6.79. The normalized spacial score (nSPS) is 9.20. The number of hydrogen-bond donors (Lipinski definition) is 5. The quantitative estimate of drug-likeness (QED) is 0.420. The molecule has 0 spiro atoms. The molecule has 0 atom stereocenters. The van der Waals surface area contributed by atoms with Crippen LogP contribution in [0.5, 0.6) is 17.2 Å². The molecular weight excluding hydrogens is 260 g/mol. The molecule has 0 unspecified atom stereocenters. The largest absolute Gasteiger partial charge is 0.504 e. The first kappa shape index (κ1) is 15.0. The Morgan fingerprint density at radius 2 is 1.60 bits per heavy atom. The van der Waals surface area contributed by atoms with E-state index >= 15 is 0 Å². The summed E-state index contributed by atoms with van der Waals surface area (Å²) >= 11 is 0. The predicted octanol–water partition coefficient (Wildman–Crippen LogP) is 1.59. The van der Waals surface area contributed by atoms with E-state index in [4.69, 9.17) is 26.5 Å². The van der Waals surface area contributed by atoms with Gasteiger partial charge in [-0.1, -0.05) is 18.2 Å². The van der Waals surface area contributed by atoms with Crippen molar-refractivity contribution >= 4 is 12.1 Å². The number of benzene rings is 2. The predicted molar refractivity (Wildman–Crippen MR) is 74.3 cm³/mol. The fourth-order valence-corrected chi connectivity index (χ4v) is 1.30. The minimum Gasteiger partial charge on any atom is -0.504 e. The number of phenolic OH excluding ortho intramolecular Hbond substituents is 3. The van der Waals surface area contributed by atoms with Crippen molar-refractivity contribution in [2.45, 2.75) is 0 Å². The third-order valence-electron chi connectivity index (χ3n) is 2.37. The molecule has 0 saturated carbocycles. The van der Waals surface area contributed by atoms with Crippen molar-refractivity contribution in [3.8, 4) is 17.2 Å². The van der Waals surface area contributed by atoms with Crippen molar-refractivity contribution < 1.29 is 20.1 Å². The van der Waals surface area contributed by atoms with E-state index in [2.05, 4.69) is 0 Å². The monoisotopic (exact) mass is 274 g/mol. The molecule has 6 N–H and O–H groups in total. The summed E-state index contributed by atoms with van der Waals surface area (Å²) in [7, 11) is 0. The Balaban J connectivity index is 0.000000204. The lowest BCUT2D eigenvalue weighted by Gasteiger charge is -2.01. The maximum Gasteiger partial charge on any atom is 0.248 e. The van der Waals surface area contributed by atoms with Crippen molar-refractivity contribution in [2.24, 2.45) is 5.73 Å². The number of rotatable bonds is 2. The summed E-state index contributed by atoms with van der Waals surface area (Å²) in [6, 6.07) is 11.3. The van der Waals surface area contributed by atoms with Crippen LogP contribution in [-0.4, -0.2) is 27.4 Å². The molecule has 2 rings (SSSR count). The van der Waals surface area contributed by atoms with Crippen molar-refractivity contribution in [3.63, 3.8) is 0 Å². The van der Waals surface area contributed by atoms with E-state index in [1.165, 1.54) is 12.1 Å². The Bertz CT molecular complexity index is 612. The number of nitrogens with one attached hydrogen (secondary N) is 1. The molecular formula is C14H14N2O4. The summed E-state index contributed by atoms with van der Waals surface area (Å²) in [5, 5.41) is 33.5. The molecule has 6 heteroatoms. The molecule has 0 aromatic heterocycles. The summed E-state index contributed by atoms with van der Waals surface area (Å²) in [5.41, 5.74) is 5.70. The maximum atomic E-state index is 10.4. The van der Waals surface area contributed by atoms with Gasteiger partial charge in [-0.05, 0) is 24.3 Å². The van der Waals surface area contributed by atoms with E-state index in [1.807, 2.05) is 6.07 Å². The molecule has 0 aliphatic carbocycles. The van der Waals surface area contributed by atoms with Gasteiger partial charge in [0, 0.05) is 17.3 Å². The number of amides is 1. The average molecular weight is 274 g/mol. The lowest BCUT2D eigenvalue weighted by atomic mass is 10.2. The Kier molecular flexibility index (Phi) is 5.11. The van der Waals surface area contributed by atoms with Gasteiger partial charge in [-0.2, -0.15) is 0 Å². The second-order valence-corrected chi connectivity index (χ2v) is 3.75. The maximum absolute atomic E-state index is 10.4. The van der Waals surface area contributed by atoms with Crippen LogP contribution in [0.25, 0.3) is 0 Å². The van der Waals surface area contributed by atoms with Crippen molar-refractivity contribution in [1.29, 1.82) is 5.41 Å². The molecule has 2 aromatic carbocycles. The van der Waals surface area contributed by atoms with Gasteiger partial charge < -0.3 is 26.5 Å². The Morgan fingerprint density at radius 3 is 2.05 bits per heavy atom. The number of carbonyl (C=O) groups excluding carboxylic acids is 1. The summed E-state index contributed by atoms with van der Waals surface area (Å²) in [6.45, 7) is 0. The van der Waals surface area contributed by atoms with Crippen LogP contribution < -0.4 is 5.73 Å². The fourth-order valence-electron chi connectivity index (χ4n) is 1.30. The van der Waals surface area contributed by atoms with E-state index < -0.39 is 17.2 Å². The van der Waals surface area contributed by atoms with Crippen LogP contribution in [0, 0.1) is 5.41 Å². The highest BCUT2D eigenvalue weighted by Crippen LogP contribution is 2.35. The number of phenols is 3. The van der Waals surface area contributed by atoms with Crippen LogP contribution in [0.3, 0.4) is 0 Å². The molecule has 0 aliphatic rings. The first-order chi connectivity index (χ1) is 9.47. The Hall–Kier alpha value is -3.02. The number of aromatic hydroxyl groups is 3. The smallest absolute Gasteiger partial charge is 0.248 e. The molecule has 0 bridgehead atoms. The standard InChI is InChI=1S/C7H7NO3.C7H7NO/c8-3-4-1-2-5(9)7(11)6(4)10;8-7(9)6-4-2-1-3-5-6/h1-3,8-11H;1-5H,(H2,8,9). The van der Waals surface area contributed by atoms with E-state index in [1.54, 1.807) is 24.3 Å². The van der Waals surface area contributed by atoms with Crippen LogP contribution >= 0.6 is 0 Å². The molecule has 0 radical (unpaired) electrons. The minimum atomic E-state index is -0.592. The molecule has 20 heavy (non-hydrogen) atoms. The second-order valence-electron chi connectivity index (χ2n) is 3.75. The van der Waals surface area contributed by atoms with E-state index in [-0.39, 0.29) is 11.5 Å². The van der Waals surface area contributed by atoms with Crippen LogP contribution in [0.15, 0.2) is 42.5 Å². The van der Waals surface area contributed by atoms with Gasteiger partial charge in [0.05, 0.1) is 0 Å². The van der Waals surface area contributed by atoms with Crippen molar-refractivity contribution in [3.05, 3.63) is 53.6 Å². The molecule has 0 fully saturated rings. The highest BCUT2D eigenvalue weighted by molar-refractivity contribution is 5.92. The zero-order valence-corrected chi connectivity index (χ0v) is 10.4. The molecule has 2 aromatic rings. The minimum absolute atomic E-state index is 0.167. The fraction of sp³-hybridized carbons (Fsp3) is 0. The summed E-state index contributed by atoms with van der Waals surface area (Å²) in [6.07, 6.45) is 0.883. The molecule has 0 saturated heterocycles. The van der Waals surface area contributed by atoms with E-state index in [0.29, 0.717) is 5.56 Å². The molecule has 0 heterocycles. The number of nitrogens with two attached hydrogens (primary N) is 1. The summed E-state index contributed by atoms with van der Waals surface area (Å²) in [4.78, 5) is 10.4. The van der Waals surface area contributed by atoms with Gasteiger partial charge in [-0.3, -0.25) is 4.79 Å². The van der Waals surface area contributed by atoms with Gasteiger partial charge in [0.25, 0.3) is 0 Å². The topological polar surface area (TPSA) is 128 Å². The van der Waals surface area contributed by atoms with Gasteiger partial charge in [0.15, 0.2) is 11.5 Å². The van der Waals surface area contributed by atoms with Gasteiger partial charge in [0.1, 0.15) is 0 Å². The molecule has 104 valence electrons. The summed E-state index contributed by atoms with van der Waals surface area (Å²) < 4.78 is 0. The Morgan fingerprint density at radius 1 is 1.00 bits per heavy atom. The number of carbonyl (C=O) groups is 1. The zero-order valence-electron chi connectivity index (χ0n) is 10.4. The van der Waals surface area contributed by atoms with Crippen LogP contribution in [0.1, 0.15) is 15.9 Å². The SMILES string of the molecule is N=Cc1ccc(O)c(O)c1O.NC(=O)c1ccccc1. The molecule has 1 amide bonds. The van der Waals surface area contributed by atoms with Crippen LogP contribution in [0.2, 0.25) is 0 Å². The number of hydrogen-bond acceptors (Lipinski definition) is 5. The average Bonchev–Trinajstić information content (AvgIpc) is 2.47.